The molecule has 5 nitrogen and oxygen atoms in total. The van der Waals surface area contributed by atoms with Gasteiger partial charge in [-0.3, -0.25) is 0 Å². The van der Waals surface area contributed by atoms with Gasteiger partial charge in [0.2, 0.25) is 5.89 Å². The molecule has 0 unspecified atom stereocenters. The van der Waals surface area contributed by atoms with Gasteiger partial charge in [0.25, 0.3) is 0 Å². The molecule has 0 aliphatic heterocycles. The average molecular weight is 327 g/mol. The molecule has 1 heterocycles. The Kier molecular flexibility index (Phi) is 4.27. The van der Waals surface area contributed by atoms with Gasteiger partial charge in [0.15, 0.2) is 6.33 Å². The van der Waals surface area contributed by atoms with Gasteiger partial charge in [-0.2, -0.15) is 4.98 Å². The molecule has 7 heteroatoms. The Morgan fingerprint density at radius 1 is 1.50 bits per heavy atom. The second-order valence-corrected chi connectivity index (χ2v) is 4.83. The Hall–Kier alpha value is -1.47. The van der Waals surface area contributed by atoms with E-state index in [0.717, 1.165) is 15.7 Å². The standard InChI is InChI=1S/C11H11BrN4OS/c12-7-2-1-3-8(10(7)11(13)18)14-5-4-9-15-6-16-17-9/h1-3,6,14H,4-5H2,(H2,13,18). The maximum absolute atomic E-state index is 5.70. The Balaban J connectivity index is 2.05. The first kappa shape index (κ1) is 13.0. The fraction of sp³-hybridized carbons (Fsp3) is 0.182. The number of anilines is 1. The van der Waals surface area contributed by atoms with E-state index in [1.54, 1.807) is 0 Å². The maximum Gasteiger partial charge on any atom is 0.228 e. The van der Waals surface area contributed by atoms with Gasteiger partial charge in [-0.25, -0.2) is 0 Å². The first-order chi connectivity index (χ1) is 8.68. The molecule has 94 valence electrons. The number of thiocarbonyl (C=S) groups is 1. The Bertz CT molecular complexity index is 544. The summed E-state index contributed by atoms with van der Waals surface area (Å²) in [5.41, 5.74) is 7.39. The minimum Gasteiger partial charge on any atom is -0.389 e. The summed E-state index contributed by atoms with van der Waals surface area (Å²) in [6, 6.07) is 5.74. The first-order valence-electron chi connectivity index (χ1n) is 5.26. The summed E-state index contributed by atoms with van der Waals surface area (Å²) in [7, 11) is 0. The van der Waals surface area contributed by atoms with Crippen LogP contribution in [0.25, 0.3) is 0 Å². The molecule has 3 N–H and O–H groups in total. The van der Waals surface area contributed by atoms with Crippen molar-refractivity contribution in [2.45, 2.75) is 6.42 Å². The smallest absolute Gasteiger partial charge is 0.228 e. The van der Waals surface area contributed by atoms with Crippen molar-refractivity contribution in [2.24, 2.45) is 5.73 Å². The lowest BCUT2D eigenvalue weighted by Crippen LogP contribution is -2.15. The van der Waals surface area contributed by atoms with Gasteiger partial charge >= 0.3 is 0 Å². The summed E-state index contributed by atoms with van der Waals surface area (Å²) in [5, 5.41) is 6.79. The maximum atomic E-state index is 5.70. The molecular formula is C11H11BrN4OS. The van der Waals surface area contributed by atoms with E-state index in [0.29, 0.717) is 23.8 Å². The lowest BCUT2D eigenvalue weighted by molar-refractivity contribution is 0.380. The molecule has 1 aromatic carbocycles. The molecule has 0 aliphatic rings. The van der Waals surface area contributed by atoms with Crippen LogP contribution in [0.4, 0.5) is 5.69 Å². The van der Waals surface area contributed by atoms with Crippen LogP contribution < -0.4 is 11.1 Å². The molecule has 0 fully saturated rings. The van der Waals surface area contributed by atoms with Crippen molar-refractivity contribution < 1.29 is 4.52 Å². The largest absolute Gasteiger partial charge is 0.389 e. The Morgan fingerprint density at radius 2 is 2.33 bits per heavy atom. The zero-order valence-electron chi connectivity index (χ0n) is 9.39. The summed E-state index contributed by atoms with van der Waals surface area (Å²) in [6.45, 7) is 0.661. The van der Waals surface area contributed by atoms with Crippen molar-refractivity contribution in [3.63, 3.8) is 0 Å². The predicted octanol–water partition coefficient (Wildman–Crippen LogP) is 2.12. The quantitative estimate of drug-likeness (QED) is 0.819. The Morgan fingerprint density at radius 3 is 3.00 bits per heavy atom. The van der Waals surface area contributed by atoms with Crippen molar-refractivity contribution in [2.75, 3.05) is 11.9 Å². The van der Waals surface area contributed by atoms with Gasteiger partial charge in [0.05, 0.1) is 0 Å². The molecule has 2 aromatic rings. The highest BCUT2D eigenvalue weighted by Gasteiger charge is 2.09. The van der Waals surface area contributed by atoms with Crippen LogP contribution in [-0.2, 0) is 6.42 Å². The van der Waals surface area contributed by atoms with Crippen LogP contribution in [-0.4, -0.2) is 21.7 Å². The minimum atomic E-state index is 0.350. The van der Waals surface area contributed by atoms with Gasteiger partial charge in [0.1, 0.15) is 4.99 Å². The molecule has 0 radical (unpaired) electrons. The highest BCUT2D eigenvalue weighted by Crippen LogP contribution is 2.24. The molecule has 0 amide bonds. The highest BCUT2D eigenvalue weighted by atomic mass is 79.9. The number of nitrogens with one attached hydrogen (secondary N) is 1. The monoisotopic (exact) mass is 326 g/mol. The van der Waals surface area contributed by atoms with Crippen LogP contribution in [0.15, 0.2) is 33.5 Å². The van der Waals surface area contributed by atoms with Crippen LogP contribution in [0.5, 0.6) is 0 Å². The minimum absolute atomic E-state index is 0.350. The average Bonchev–Trinajstić information content (AvgIpc) is 2.81. The second-order valence-electron chi connectivity index (χ2n) is 3.54. The SMILES string of the molecule is NC(=S)c1c(Br)cccc1NCCc1ncno1. The molecule has 0 saturated heterocycles. The van der Waals surface area contributed by atoms with Gasteiger partial charge in [-0.05, 0) is 28.1 Å². The van der Waals surface area contributed by atoms with Gasteiger partial charge in [-0.1, -0.05) is 23.4 Å². The molecule has 18 heavy (non-hydrogen) atoms. The summed E-state index contributed by atoms with van der Waals surface area (Å²) in [6.07, 6.45) is 2.03. The van der Waals surface area contributed by atoms with Crippen molar-refractivity contribution in [1.82, 2.24) is 10.1 Å². The molecule has 0 aliphatic carbocycles. The van der Waals surface area contributed by atoms with E-state index >= 15 is 0 Å². The third-order valence-electron chi connectivity index (χ3n) is 2.32. The number of hydrogen-bond acceptors (Lipinski definition) is 5. The van der Waals surface area contributed by atoms with E-state index in [1.807, 2.05) is 18.2 Å². The number of rotatable bonds is 5. The fourth-order valence-corrected chi connectivity index (χ4v) is 2.46. The van der Waals surface area contributed by atoms with Crippen LogP contribution in [0, 0.1) is 0 Å². The zero-order chi connectivity index (χ0) is 13.0. The topological polar surface area (TPSA) is 77.0 Å². The van der Waals surface area contributed by atoms with E-state index in [1.165, 1.54) is 6.33 Å². The number of hydrogen-bond donors (Lipinski definition) is 2. The number of halogens is 1. The van der Waals surface area contributed by atoms with Crippen molar-refractivity contribution in [1.29, 1.82) is 0 Å². The Labute approximate surface area is 118 Å². The van der Waals surface area contributed by atoms with E-state index in [4.69, 9.17) is 22.5 Å². The van der Waals surface area contributed by atoms with Crippen LogP contribution in [0.1, 0.15) is 11.5 Å². The molecular weight excluding hydrogens is 316 g/mol. The molecule has 1 aromatic heterocycles. The lowest BCUT2D eigenvalue weighted by atomic mass is 10.1. The summed E-state index contributed by atoms with van der Waals surface area (Å²) in [5.74, 6) is 0.592. The summed E-state index contributed by atoms with van der Waals surface area (Å²) >= 11 is 8.46. The molecule has 0 saturated carbocycles. The number of benzene rings is 1. The van der Waals surface area contributed by atoms with Crippen molar-refractivity contribution in [3.8, 4) is 0 Å². The molecule has 0 bridgehead atoms. The highest BCUT2D eigenvalue weighted by molar-refractivity contribution is 9.10. The zero-order valence-corrected chi connectivity index (χ0v) is 11.8. The molecule has 0 spiro atoms. The van der Waals surface area contributed by atoms with Gasteiger partial charge in [0, 0.05) is 28.7 Å². The molecule has 2 rings (SSSR count). The first-order valence-corrected chi connectivity index (χ1v) is 6.46. The van der Waals surface area contributed by atoms with E-state index in [2.05, 4.69) is 31.4 Å². The fourth-order valence-electron chi connectivity index (χ4n) is 1.53. The molecule has 0 atom stereocenters. The number of aromatic nitrogens is 2. The third kappa shape index (κ3) is 3.05. The van der Waals surface area contributed by atoms with Gasteiger partial charge < -0.3 is 15.6 Å². The normalized spacial score (nSPS) is 10.3. The predicted molar refractivity (Wildman–Crippen MR) is 76.5 cm³/mol. The lowest BCUT2D eigenvalue weighted by Gasteiger charge is -2.11. The van der Waals surface area contributed by atoms with Crippen LogP contribution in [0.3, 0.4) is 0 Å². The van der Waals surface area contributed by atoms with E-state index < -0.39 is 0 Å². The number of nitrogens with zero attached hydrogens (tertiary/aromatic N) is 2. The van der Waals surface area contributed by atoms with E-state index in [-0.39, 0.29) is 0 Å². The summed E-state index contributed by atoms with van der Waals surface area (Å²) in [4.78, 5) is 4.29. The second kappa shape index (κ2) is 5.92. The van der Waals surface area contributed by atoms with Crippen LogP contribution >= 0.6 is 28.1 Å². The van der Waals surface area contributed by atoms with E-state index in [9.17, 15) is 0 Å². The van der Waals surface area contributed by atoms with Crippen molar-refractivity contribution >= 4 is 38.8 Å². The van der Waals surface area contributed by atoms with Crippen molar-refractivity contribution in [3.05, 3.63) is 40.5 Å². The summed E-state index contributed by atoms with van der Waals surface area (Å²) < 4.78 is 5.78. The third-order valence-corrected chi connectivity index (χ3v) is 3.19. The number of nitrogens with two attached hydrogens (primary N) is 1. The van der Waals surface area contributed by atoms with Crippen LogP contribution in [0.2, 0.25) is 0 Å². The van der Waals surface area contributed by atoms with Gasteiger partial charge in [-0.15, -0.1) is 0 Å².